The van der Waals surface area contributed by atoms with Gasteiger partial charge in [-0.25, -0.2) is 4.52 Å². The van der Waals surface area contributed by atoms with Gasteiger partial charge in [-0.15, -0.1) is 0 Å². The summed E-state index contributed by atoms with van der Waals surface area (Å²) in [7, 11) is 0. The van der Waals surface area contributed by atoms with Gasteiger partial charge in [0.15, 0.2) is 11.5 Å². The minimum Gasteiger partial charge on any atom is -0.454 e. The van der Waals surface area contributed by atoms with Gasteiger partial charge in [0.2, 0.25) is 12.7 Å². The van der Waals surface area contributed by atoms with E-state index in [1.54, 1.807) is 18.5 Å². The lowest BCUT2D eigenvalue weighted by Gasteiger charge is -2.22. The summed E-state index contributed by atoms with van der Waals surface area (Å²) in [4.78, 5) is 25.3. The molecule has 1 aliphatic heterocycles. The summed E-state index contributed by atoms with van der Waals surface area (Å²) in [6, 6.07) is 7.51. The van der Waals surface area contributed by atoms with Crippen molar-refractivity contribution in [2.75, 3.05) is 6.79 Å². The van der Waals surface area contributed by atoms with Crippen LogP contribution >= 0.6 is 0 Å². The lowest BCUT2D eigenvalue weighted by atomic mass is 9.95. The minimum absolute atomic E-state index is 0.0103. The quantitative estimate of drug-likeness (QED) is 0.734. The van der Waals surface area contributed by atoms with E-state index in [1.807, 2.05) is 18.2 Å². The molecule has 0 spiro atoms. The maximum absolute atomic E-state index is 12.9. The number of aromatic nitrogens is 3. The van der Waals surface area contributed by atoms with Gasteiger partial charge in [-0.05, 0) is 37.1 Å². The van der Waals surface area contributed by atoms with Crippen LogP contribution in [0.4, 0.5) is 0 Å². The fourth-order valence-corrected chi connectivity index (χ4v) is 4.02. The van der Waals surface area contributed by atoms with E-state index in [0.717, 1.165) is 31.2 Å². The molecule has 5 rings (SSSR count). The van der Waals surface area contributed by atoms with Crippen LogP contribution in [0, 0.1) is 0 Å². The molecule has 0 unspecified atom stereocenters. The summed E-state index contributed by atoms with van der Waals surface area (Å²) in [5.41, 5.74) is 1.67. The standard InChI is InChI=1S/C21H22N4O4/c26-20(22-15-4-2-1-3-5-15)12-24-8-9-25-17(21(24)27)11-16(23-25)14-6-7-18-19(10-14)29-13-28-18/h6-11,15H,1-5,12-13H2,(H,22,26). The summed E-state index contributed by atoms with van der Waals surface area (Å²) in [5, 5.41) is 7.54. The zero-order valence-electron chi connectivity index (χ0n) is 16.0. The Hall–Kier alpha value is -3.29. The van der Waals surface area contributed by atoms with Gasteiger partial charge in [0, 0.05) is 24.0 Å². The number of benzene rings is 1. The number of rotatable bonds is 4. The van der Waals surface area contributed by atoms with E-state index < -0.39 is 0 Å². The van der Waals surface area contributed by atoms with E-state index in [1.165, 1.54) is 15.5 Å². The third kappa shape index (κ3) is 3.46. The average molecular weight is 394 g/mol. The van der Waals surface area contributed by atoms with Crippen molar-refractivity contribution < 1.29 is 14.3 Å². The second-order valence-electron chi connectivity index (χ2n) is 7.56. The van der Waals surface area contributed by atoms with E-state index >= 15 is 0 Å². The molecule has 1 N–H and O–H groups in total. The molecule has 1 aliphatic carbocycles. The second kappa shape index (κ2) is 7.27. The van der Waals surface area contributed by atoms with E-state index in [0.29, 0.717) is 22.7 Å². The molecule has 2 aliphatic rings. The zero-order chi connectivity index (χ0) is 19.8. The summed E-state index contributed by atoms with van der Waals surface area (Å²) in [6.45, 7) is 0.216. The smallest absolute Gasteiger partial charge is 0.277 e. The van der Waals surface area contributed by atoms with Crippen LogP contribution in [0.3, 0.4) is 0 Å². The van der Waals surface area contributed by atoms with Gasteiger partial charge in [-0.1, -0.05) is 19.3 Å². The zero-order valence-corrected chi connectivity index (χ0v) is 16.0. The molecule has 0 atom stereocenters. The van der Waals surface area contributed by atoms with Gasteiger partial charge in [0.25, 0.3) is 5.56 Å². The molecule has 1 saturated carbocycles. The molecule has 1 fully saturated rings. The van der Waals surface area contributed by atoms with Crippen molar-refractivity contribution in [2.45, 2.75) is 44.7 Å². The highest BCUT2D eigenvalue weighted by Crippen LogP contribution is 2.35. The van der Waals surface area contributed by atoms with Crippen LogP contribution in [0.1, 0.15) is 32.1 Å². The third-order valence-corrected chi connectivity index (χ3v) is 5.56. The topological polar surface area (TPSA) is 86.9 Å². The number of ether oxygens (including phenoxy) is 2. The molecule has 0 radical (unpaired) electrons. The van der Waals surface area contributed by atoms with Crippen molar-refractivity contribution in [3.63, 3.8) is 0 Å². The van der Waals surface area contributed by atoms with Crippen molar-refractivity contribution in [1.29, 1.82) is 0 Å². The van der Waals surface area contributed by atoms with Gasteiger partial charge in [-0.3, -0.25) is 9.59 Å². The summed E-state index contributed by atoms with van der Waals surface area (Å²) < 4.78 is 13.7. The summed E-state index contributed by atoms with van der Waals surface area (Å²) in [5.74, 6) is 1.24. The minimum atomic E-state index is -0.245. The van der Waals surface area contributed by atoms with Crippen LogP contribution < -0.4 is 20.3 Å². The Bertz CT molecular complexity index is 1130. The van der Waals surface area contributed by atoms with Crippen LogP contribution in [0.15, 0.2) is 41.5 Å². The van der Waals surface area contributed by atoms with Crippen molar-refractivity contribution in [3.8, 4) is 22.8 Å². The monoisotopic (exact) mass is 394 g/mol. The highest BCUT2D eigenvalue weighted by atomic mass is 16.7. The van der Waals surface area contributed by atoms with Gasteiger partial charge >= 0.3 is 0 Å². The molecular formula is C21H22N4O4. The molecule has 1 aromatic carbocycles. The van der Waals surface area contributed by atoms with Gasteiger partial charge < -0.3 is 19.4 Å². The number of amides is 1. The molecule has 0 bridgehead atoms. The average Bonchev–Trinajstić information content (AvgIpc) is 3.37. The number of nitrogens with zero attached hydrogens (tertiary/aromatic N) is 3. The molecule has 3 aromatic rings. The molecule has 1 amide bonds. The molecule has 29 heavy (non-hydrogen) atoms. The maximum Gasteiger partial charge on any atom is 0.277 e. The van der Waals surface area contributed by atoms with Gasteiger partial charge in [-0.2, -0.15) is 5.10 Å². The Labute approximate surface area is 167 Å². The summed E-state index contributed by atoms with van der Waals surface area (Å²) in [6.07, 6.45) is 8.86. The molecular weight excluding hydrogens is 372 g/mol. The molecule has 8 heteroatoms. The van der Waals surface area contributed by atoms with E-state index in [2.05, 4.69) is 10.4 Å². The first kappa shape index (κ1) is 17.8. The van der Waals surface area contributed by atoms with E-state index in [-0.39, 0.29) is 30.8 Å². The van der Waals surface area contributed by atoms with Crippen LogP contribution in [-0.2, 0) is 11.3 Å². The molecule has 0 saturated heterocycles. The molecule has 2 aromatic heterocycles. The first-order chi connectivity index (χ1) is 14.2. The van der Waals surface area contributed by atoms with Crippen LogP contribution in [-0.4, -0.2) is 32.9 Å². The number of carbonyl (C=O) groups excluding carboxylic acids is 1. The highest BCUT2D eigenvalue weighted by Gasteiger charge is 2.18. The van der Waals surface area contributed by atoms with Crippen LogP contribution in [0.2, 0.25) is 0 Å². The van der Waals surface area contributed by atoms with Gasteiger partial charge in [0.05, 0.1) is 5.69 Å². The normalized spacial score (nSPS) is 16.3. The predicted octanol–water partition coefficient (Wildman–Crippen LogP) is 2.34. The maximum atomic E-state index is 12.9. The Balaban J connectivity index is 1.38. The van der Waals surface area contributed by atoms with Crippen molar-refractivity contribution in [2.24, 2.45) is 0 Å². The highest BCUT2D eigenvalue weighted by molar-refractivity contribution is 5.76. The molecule has 150 valence electrons. The Morgan fingerprint density at radius 2 is 1.93 bits per heavy atom. The van der Waals surface area contributed by atoms with Crippen molar-refractivity contribution in [3.05, 3.63) is 47.0 Å². The Morgan fingerprint density at radius 3 is 2.79 bits per heavy atom. The predicted molar refractivity (Wildman–Crippen MR) is 106 cm³/mol. The Morgan fingerprint density at radius 1 is 1.10 bits per heavy atom. The van der Waals surface area contributed by atoms with Crippen LogP contribution in [0.25, 0.3) is 16.8 Å². The number of carbonyl (C=O) groups is 1. The first-order valence-electron chi connectivity index (χ1n) is 9.95. The van der Waals surface area contributed by atoms with E-state index in [9.17, 15) is 9.59 Å². The van der Waals surface area contributed by atoms with E-state index in [4.69, 9.17) is 9.47 Å². The fourth-order valence-electron chi connectivity index (χ4n) is 4.02. The second-order valence-corrected chi connectivity index (χ2v) is 7.56. The number of fused-ring (bicyclic) bond motifs is 2. The fraction of sp³-hybridized carbons (Fsp3) is 0.381. The Kier molecular flexibility index (Phi) is 4.46. The first-order valence-corrected chi connectivity index (χ1v) is 9.95. The number of hydrogen-bond acceptors (Lipinski definition) is 5. The largest absolute Gasteiger partial charge is 0.454 e. The lowest BCUT2D eigenvalue weighted by molar-refractivity contribution is -0.122. The van der Waals surface area contributed by atoms with Gasteiger partial charge in [0.1, 0.15) is 12.1 Å². The van der Waals surface area contributed by atoms with Crippen molar-refractivity contribution in [1.82, 2.24) is 19.5 Å². The number of nitrogens with one attached hydrogen (secondary N) is 1. The summed E-state index contributed by atoms with van der Waals surface area (Å²) >= 11 is 0. The van der Waals surface area contributed by atoms with Crippen LogP contribution in [0.5, 0.6) is 11.5 Å². The number of hydrogen-bond donors (Lipinski definition) is 1. The lowest BCUT2D eigenvalue weighted by Crippen LogP contribution is -2.39. The molecule has 8 nitrogen and oxygen atoms in total. The third-order valence-electron chi connectivity index (χ3n) is 5.56. The SMILES string of the molecule is O=C(Cn1ccn2nc(-c3ccc4c(c3)OCO4)cc2c1=O)NC1CCCCC1. The molecule has 3 heterocycles. The van der Waals surface area contributed by atoms with Crippen molar-refractivity contribution >= 4 is 11.4 Å².